The Bertz CT molecular complexity index is 352. The summed E-state index contributed by atoms with van der Waals surface area (Å²) in [5.41, 5.74) is 4.06. The van der Waals surface area contributed by atoms with Gasteiger partial charge in [0.05, 0.1) is 13.2 Å². The van der Waals surface area contributed by atoms with Crippen LogP contribution in [0.15, 0.2) is 11.1 Å². The Morgan fingerprint density at radius 1 is 0.941 bits per heavy atom. The van der Waals surface area contributed by atoms with E-state index in [2.05, 4.69) is 0 Å². The summed E-state index contributed by atoms with van der Waals surface area (Å²) in [5.74, 6) is 1.84. The van der Waals surface area contributed by atoms with Crippen molar-refractivity contribution in [3.8, 4) is 0 Å². The number of rotatable bonds is 0. The summed E-state index contributed by atoms with van der Waals surface area (Å²) in [4.78, 5) is 0. The third-order valence-electron chi connectivity index (χ3n) is 5.49. The van der Waals surface area contributed by atoms with Crippen molar-refractivity contribution in [2.75, 3.05) is 20.0 Å². The molecule has 4 aliphatic rings. The van der Waals surface area contributed by atoms with Crippen LogP contribution in [0.5, 0.6) is 0 Å². The lowest BCUT2D eigenvalue weighted by Gasteiger charge is -2.32. The third-order valence-corrected chi connectivity index (χ3v) is 5.49. The molecule has 1 aliphatic heterocycles. The lowest BCUT2D eigenvalue weighted by Crippen LogP contribution is -2.35. The Labute approximate surface area is 103 Å². The molecule has 3 aliphatic carbocycles. The highest BCUT2D eigenvalue weighted by Gasteiger charge is 2.47. The normalized spacial score (nSPS) is 39.5. The first-order valence-electron chi connectivity index (χ1n) is 7.24. The minimum atomic E-state index is 0.350. The van der Waals surface area contributed by atoms with Crippen LogP contribution in [0.1, 0.15) is 44.9 Å². The van der Waals surface area contributed by atoms with Gasteiger partial charge in [-0.2, -0.15) is 0 Å². The molecule has 2 atom stereocenters. The van der Waals surface area contributed by atoms with Gasteiger partial charge in [-0.15, -0.1) is 0 Å². The summed E-state index contributed by atoms with van der Waals surface area (Å²) in [5, 5.41) is 0. The quantitative estimate of drug-likeness (QED) is 0.599. The predicted molar refractivity (Wildman–Crippen MR) is 65.5 cm³/mol. The van der Waals surface area contributed by atoms with E-state index in [9.17, 15) is 0 Å². The van der Waals surface area contributed by atoms with Crippen molar-refractivity contribution >= 4 is 0 Å². The van der Waals surface area contributed by atoms with Gasteiger partial charge in [-0.25, -0.2) is 0 Å². The van der Waals surface area contributed by atoms with Gasteiger partial charge in [0.2, 0.25) is 0 Å². The highest BCUT2D eigenvalue weighted by molar-refractivity contribution is 5.30. The fourth-order valence-corrected chi connectivity index (χ4v) is 4.82. The molecule has 0 aromatic rings. The molecule has 0 radical (unpaired) electrons. The molecule has 1 heterocycles. The highest BCUT2D eigenvalue weighted by Crippen LogP contribution is 2.56. The summed E-state index contributed by atoms with van der Waals surface area (Å²) in [7, 11) is 0. The molecular formula is C15H22O2. The molecule has 0 aromatic carbocycles. The van der Waals surface area contributed by atoms with Crippen LogP contribution in [-0.4, -0.2) is 20.0 Å². The van der Waals surface area contributed by atoms with Crippen molar-refractivity contribution in [1.29, 1.82) is 0 Å². The van der Waals surface area contributed by atoms with E-state index in [0.717, 1.165) is 25.0 Å². The number of allylic oxidation sites excluding steroid dienone is 2. The van der Waals surface area contributed by atoms with E-state index < -0.39 is 0 Å². The number of ether oxygens (including phenoxy) is 2. The molecule has 0 aromatic heterocycles. The molecule has 4 rings (SSSR count). The maximum Gasteiger partial charge on any atom is 0.146 e. The minimum Gasteiger partial charge on any atom is -0.355 e. The van der Waals surface area contributed by atoms with Crippen LogP contribution in [0.25, 0.3) is 0 Å². The second-order valence-corrected chi connectivity index (χ2v) is 6.61. The average Bonchev–Trinajstić information content (AvgIpc) is 2.93. The highest BCUT2D eigenvalue weighted by atomic mass is 16.7. The summed E-state index contributed by atoms with van der Waals surface area (Å²) < 4.78 is 11.2. The van der Waals surface area contributed by atoms with E-state index in [1.54, 1.807) is 0 Å². The van der Waals surface area contributed by atoms with Gasteiger partial charge in [0.25, 0.3) is 0 Å². The zero-order valence-electron chi connectivity index (χ0n) is 10.5. The van der Waals surface area contributed by atoms with Crippen LogP contribution in [0, 0.1) is 17.3 Å². The molecule has 2 nitrogen and oxygen atoms in total. The van der Waals surface area contributed by atoms with Crippen molar-refractivity contribution < 1.29 is 9.47 Å². The molecule has 0 amide bonds. The van der Waals surface area contributed by atoms with Gasteiger partial charge in [0.15, 0.2) is 0 Å². The molecule has 0 bridgehead atoms. The number of hydrogen-bond acceptors (Lipinski definition) is 2. The van der Waals surface area contributed by atoms with Crippen molar-refractivity contribution in [2.24, 2.45) is 17.3 Å². The first kappa shape index (κ1) is 10.6. The van der Waals surface area contributed by atoms with Gasteiger partial charge < -0.3 is 9.47 Å². The van der Waals surface area contributed by atoms with Gasteiger partial charge in [-0.3, -0.25) is 0 Å². The largest absolute Gasteiger partial charge is 0.355 e. The molecule has 3 fully saturated rings. The van der Waals surface area contributed by atoms with E-state index in [1.165, 1.54) is 44.9 Å². The van der Waals surface area contributed by atoms with Crippen molar-refractivity contribution in [1.82, 2.24) is 0 Å². The second-order valence-electron chi connectivity index (χ2n) is 6.61. The molecule has 0 unspecified atom stereocenters. The Morgan fingerprint density at radius 3 is 2.65 bits per heavy atom. The van der Waals surface area contributed by atoms with Crippen LogP contribution < -0.4 is 0 Å². The monoisotopic (exact) mass is 234 g/mol. The number of fused-ring (bicyclic) bond motifs is 2. The van der Waals surface area contributed by atoms with Crippen LogP contribution >= 0.6 is 0 Å². The molecule has 0 N–H and O–H groups in total. The van der Waals surface area contributed by atoms with E-state index in [-0.39, 0.29) is 0 Å². The average molecular weight is 234 g/mol. The zero-order chi connectivity index (χ0) is 11.3. The van der Waals surface area contributed by atoms with Gasteiger partial charge in [0.1, 0.15) is 6.79 Å². The SMILES string of the molecule is C1CC2=C3CC4(COCOC4)C[C@@H]3CC[C@@H]2C1. The van der Waals surface area contributed by atoms with Crippen LogP contribution in [0.2, 0.25) is 0 Å². The predicted octanol–water partition coefficient (Wildman–Crippen LogP) is 3.28. The summed E-state index contributed by atoms with van der Waals surface area (Å²) in [6.07, 6.45) is 9.81. The Morgan fingerprint density at radius 2 is 1.76 bits per heavy atom. The lowest BCUT2D eigenvalue weighted by atomic mass is 9.79. The Balaban J connectivity index is 1.65. The van der Waals surface area contributed by atoms with Crippen LogP contribution in [0.3, 0.4) is 0 Å². The molecule has 17 heavy (non-hydrogen) atoms. The first-order chi connectivity index (χ1) is 8.36. The fourth-order valence-electron chi connectivity index (χ4n) is 4.82. The van der Waals surface area contributed by atoms with Crippen LogP contribution in [-0.2, 0) is 9.47 Å². The van der Waals surface area contributed by atoms with E-state index >= 15 is 0 Å². The Kier molecular flexibility index (Phi) is 2.38. The van der Waals surface area contributed by atoms with Crippen LogP contribution in [0.4, 0.5) is 0 Å². The van der Waals surface area contributed by atoms with Gasteiger partial charge in [-0.05, 0) is 56.8 Å². The lowest BCUT2D eigenvalue weighted by molar-refractivity contribution is -0.162. The van der Waals surface area contributed by atoms with E-state index in [0.29, 0.717) is 12.2 Å². The van der Waals surface area contributed by atoms with Gasteiger partial charge in [0, 0.05) is 5.41 Å². The van der Waals surface area contributed by atoms with Crippen molar-refractivity contribution in [3.63, 3.8) is 0 Å². The fraction of sp³-hybridized carbons (Fsp3) is 0.867. The Hall–Kier alpha value is -0.340. The molecular weight excluding hydrogens is 212 g/mol. The van der Waals surface area contributed by atoms with E-state index in [1.807, 2.05) is 11.1 Å². The zero-order valence-corrected chi connectivity index (χ0v) is 10.5. The summed E-state index contributed by atoms with van der Waals surface area (Å²) in [6, 6.07) is 0. The first-order valence-corrected chi connectivity index (χ1v) is 7.24. The standard InChI is InChI=1S/C15H22O2/c1-2-11-4-5-12-6-15(8-16-10-17-9-15)7-14(12)13(11)3-1/h11-12H,1-10H2/t11-,12-/m0/s1. The third kappa shape index (κ3) is 1.61. The molecule has 2 heteroatoms. The van der Waals surface area contributed by atoms with E-state index in [4.69, 9.17) is 9.47 Å². The van der Waals surface area contributed by atoms with Crippen molar-refractivity contribution in [3.05, 3.63) is 11.1 Å². The summed E-state index contributed by atoms with van der Waals surface area (Å²) in [6.45, 7) is 2.39. The maximum absolute atomic E-state index is 5.58. The molecule has 1 spiro atoms. The molecule has 2 saturated carbocycles. The summed E-state index contributed by atoms with van der Waals surface area (Å²) >= 11 is 0. The minimum absolute atomic E-state index is 0.350. The maximum atomic E-state index is 5.58. The second kappa shape index (κ2) is 3.83. The van der Waals surface area contributed by atoms with Gasteiger partial charge in [-0.1, -0.05) is 11.1 Å². The smallest absolute Gasteiger partial charge is 0.146 e. The van der Waals surface area contributed by atoms with Gasteiger partial charge >= 0.3 is 0 Å². The topological polar surface area (TPSA) is 18.5 Å². The molecule has 94 valence electrons. The number of hydrogen-bond donors (Lipinski definition) is 0. The van der Waals surface area contributed by atoms with Crippen molar-refractivity contribution in [2.45, 2.75) is 44.9 Å². The molecule has 1 saturated heterocycles.